The molecule has 1 rings (SSSR count). The highest BCUT2D eigenvalue weighted by Crippen LogP contribution is 1.97. The maximum Gasteiger partial charge on any atom is 0.326 e. The van der Waals surface area contributed by atoms with Crippen LogP contribution >= 0.6 is 0 Å². The number of nitrogens with zero attached hydrogens (tertiary/aromatic N) is 1. The van der Waals surface area contributed by atoms with Gasteiger partial charge in [0.2, 0.25) is 5.91 Å². The summed E-state index contributed by atoms with van der Waals surface area (Å²) in [6, 6.07) is -1.80. The predicted molar refractivity (Wildman–Crippen MR) is 63.8 cm³/mol. The van der Waals surface area contributed by atoms with E-state index < -0.39 is 23.9 Å². The van der Waals surface area contributed by atoms with E-state index in [2.05, 4.69) is 20.6 Å². The highest BCUT2D eigenvalue weighted by molar-refractivity contribution is 5.83. The van der Waals surface area contributed by atoms with Crippen molar-refractivity contribution >= 4 is 17.9 Å². The summed E-state index contributed by atoms with van der Waals surface area (Å²) < 4.78 is 0. The average molecular weight is 269 g/mol. The number of aromatic amines is 1. The Labute approximate surface area is 108 Å². The summed E-state index contributed by atoms with van der Waals surface area (Å²) in [4.78, 5) is 39.5. The molecule has 0 aliphatic carbocycles. The molecule has 1 unspecified atom stereocenters. The second-order valence-corrected chi connectivity index (χ2v) is 3.80. The van der Waals surface area contributed by atoms with E-state index in [0.29, 0.717) is 5.69 Å². The molecule has 0 aliphatic rings. The lowest BCUT2D eigenvalue weighted by Gasteiger charge is -2.14. The van der Waals surface area contributed by atoms with Gasteiger partial charge in [0.25, 0.3) is 0 Å². The minimum absolute atomic E-state index is 0.0534. The highest BCUT2D eigenvalue weighted by Gasteiger charge is 2.20. The number of rotatable bonds is 7. The van der Waals surface area contributed by atoms with E-state index in [1.54, 1.807) is 0 Å². The first kappa shape index (κ1) is 14.5. The van der Waals surface area contributed by atoms with Crippen molar-refractivity contribution in [3.05, 3.63) is 18.2 Å². The molecule has 1 aromatic rings. The maximum absolute atomic E-state index is 11.5. The lowest BCUT2D eigenvalue weighted by molar-refractivity contribution is -0.139. The molecule has 0 bridgehead atoms. The second-order valence-electron chi connectivity index (χ2n) is 3.80. The van der Waals surface area contributed by atoms with Gasteiger partial charge in [-0.1, -0.05) is 0 Å². The molecule has 3 amide bonds. The Bertz CT molecular complexity index is 445. The zero-order valence-corrected chi connectivity index (χ0v) is 10.0. The van der Waals surface area contributed by atoms with E-state index in [9.17, 15) is 14.4 Å². The number of carboxylic acids is 1. The molecule has 6 N–H and O–H groups in total. The number of carboxylic acid groups (broad SMARTS) is 1. The average Bonchev–Trinajstić information content (AvgIpc) is 2.84. The molecule has 0 aromatic carbocycles. The molecule has 0 aliphatic heterocycles. The number of urea groups is 1. The standard InChI is InChI=1S/C10H15N5O4/c11-8(16)2-1-7(9(17)18)15-10(19)13-4-6-3-12-5-14-6/h3,5,7H,1-2,4H2,(H2,11,16)(H,12,14)(H,17,18)(H2,13,15,19). The molecule has 9 nitrogen and oxygen atoms in total. The molecule has 0 radical (unpaired) electrons. The number of hydrogen-bond acceptors (Lipinski definition) is 4. The van der Waals surface area contributed by atoms with Crippen molar-refractivity contribution in [1.82, 2.24) is 20.6 Å². The van der Waals surface area contributed by atoms with Crippen molar-refractivity contribution in [3.8, 4) is 0 Å². The van der Waals surface area contributed by atoms with Gasteiger partial charge in [-0.2, -0.15) is 0 Å². The SMILES string of the molecule is NC(=O)CCC(NC(=O)NCc1cnc[nH]1)C(=O)O. The number of imidazole rings is 1. The molecule has 1 heterocycles. The minimum atomic E-state index is -1.22. The van der Waals surface area contributed by atoms with E-state index >= 15 is 0 Å². The highest BCUT2D eigenvalue weighted by atomic mass is 16.4. The fourth-order valence-electron chi connectivity index (χ4n) is 1.31. The summed E-state index contributed by atoms with van der Waals surface area (Å²) in [5, 5.41) is 13.6. The Hall–Kier alpha value is -2.58. The molecule has 1 aromatic heterocycles. The minimum Gasteiger partial charge on any atom is -0.480 e. The van der Waals surface area contributed by atoms with E-state index in [4.69, 9.17) is 10.8 Å². The van der Waals surface area contributed by atoms with Gasteiger partial charge in [0.1, 0.15) is 6.04 Å². The number of primary amides is 1. The third kappa shape index (κ3) is 5.52. The monoisotopic (exact) mass is 269 g/mol. The molecule has 0 saturated carbocycles. The van der Waals surface area contributed by atoms with Crippen LogP contribution in [0.4, 0.5) is 4.79 Å². The zero-order chi connectivity index (χ0) is 14.3. The van der Waals surface area contributed by atoms with Crippen molar-refractivity contribution in [2.75, 3.05) is 0 Å². The van der Waals surface area contributed by atoms with Crippen LogP contribution in [0, 0.1) is 0 Å². The zero-order valence-electron chi connectivity index (χ0n) is 10.0. The second kappa shape index (κ2) is 6.99. The molecular weight excluding hydrogens is 254 g/mol. The van der Waals surface area contributed by atoms with Gasteiger partial charge < -0.3 is 26.5 Å². The van der Waals surface area contributed by atoms with Crippen LogP contribution in [0.2, 0.25) is 0 Å². The number of amides is 3. The molecule has 0 saturated heterocycles. The number of carbonyl (C=O) groups is 3. The number of hydrogen-bond donors (Lipinski definition) is 5. The van der Waals surface area contributed by atoms with Crippen LogP contribution < -0.4 is 16.4 Å². The van der Waals surface area contributed by atoms with E-state index in [1.165, 1.54) is 12.5 Å². The third-order valence-corrected chi connectivity index (χ3v) is 2.28. The quantitative estimate of drug-likeness (QED) is 0.427. The summed E-state index contributed by atoms with van der Waals surface area (Å²) in [7, 11) is 0. The lowest BCUT2D eigenvalue weighted by Crippen LogP contribution is -2.46. The van der Waals surface area contributed by atoms with Crippen molar-refractivity contribution in [2.45, 2.75) is 25.4 Å². The maximum atomic E-state index is 11.5. The smallest absolute Gasteiger partial charge is 0.326 e. The molecule has 19 heavy (non-hydrogen) atoms. The van der Waals surface area contributed by atoms with Gasteiger partial charge in [0, 0.05) is 12.6 Å². The fourth-order valence-corrected chi connectivity index (χ4v) is 1.31. The van der Waals surface area contributed by atoms with E-state index in [-0.39, 0.29) is 19.4 Å². The van der Waals surface area contributed by atoms with Crippen LogP contribution in [0.25, 0.3) is 0 Å². The Kier molecular flexibility index (Phi) is 5.33. The Balaban J connectivity index is 2.38. The third-order valence-electron chi connectivity index (χ3n) is 2.28. The summed E-state index contributed by atoms with van der Waals surface area (Å²) in [5.74, 6) is -1.84. The normalized spacial score (nSPS) is 11.6. The van der Waals surface area contributed by atoms with Crippen LogP contribution in [0.3, 0.4) is 0 Å². The largest absolute Gasteiger partial charge is 0.480 e. The van der Waals surface area contributed by atoms with Crippen molar-refractivity contribution < 1.29 is 19.5 Å². The Morgan fingerprint density at radius 1 is 1.47 bits per heavy atom. The van der Waals surface area contributed by atoms with Crippen LogP contribution in [-0.2, 0) is 16.1 Å². The molecule has 0 spiro atoms. The summed E-state index contributed by atoms with van der Waals surface area (Å²) in [5.41, 5.74) is 5.60. The van der Waals surface area contributed by atoms with Crippen molar-refractivity contribution in [2.24, 2.45) is 5.73 Å². The number of nitrogens with one attached hydrogen (secondary N) is 3. The van der Waals surface area contributed by atoms with Crippen LogP contribution in [0.1, 0.15) is 18.5 Å². The van der Waals surface area contributed by atoms with Gasteiger partial charge in [0.05, 0.1) is 18.6 Å². The first-order valence-electron chi connectivity index (χ1n) is 5.51. The van der Waals surface area contributed by atoms with Crippen LogP contribution in [0.15, 0.2) is 12.5 Å². The summed E-state index contributed by atoms with van der Waals surface area (Å²) >= 11 is 0. The van der Waals surface area contributed by atoms with Gasteiger partial charge in [0.15, 0.2) is 0 Å². The molecule has 0 fully saturated rings. The van der Waals surface area contributed by atoms with E-state index in [0.717, 1.165) is 0 Å². The first-order valence-corrected chi connectivity index (χ1v) is 5.51. The number of carbonyl (C=O) groups excluding carboxylic acids is 2. The van der Waals surface area contributed by atoms with Crippen molar-refractivity contribution in [3.63, 3.8) is 0 Å². The van der Waals surface area contributed by atoms with Gasteiger partial charge in [-0.05, 0) is 6.42 Å². The molecule has 1 atom stereocenters. The molecule has 104 valence electrons. The number of H-pyrrole nitrogens is 1. The predicted octanol–water partition coefficient (Wildman–Crippen LogP) is -1.07. The molecular formula is C10H15N5O4. The van der Waals surface area contributed by atoms with Gasteiger partial charge in [-0.15, -0.1) is 0 Å². The number of nitrogens with two attached hydrogens (primary N) is 1. The first-order chi connectivity index (χ1) is 8.99. The van der Waals surface area contributed by atoms with E-state index in [1.807, 2.05) is 0 Å². The molecule has 9 heteroatoms. The van der Waals surface area contributed by atoms with Gasteiger partial charge >= 0.3 is 12.0 Å². The van der Waals surface area contributed by atoms with Crippen LogP contribution in [0.5, 0.6) is 0 Å². The number of aromatic nitrogens is 2. The Morgan fingerprint density at radius 2 is 2.21 bits per heavy atom. The summed E-state index contributed by atoms with van der Waals surface area (Å²) in [6.07, 6.45) is 2.82. The topological polar surface area (TPSA) is 150 Å². The Morgan fingerprint density at radius 3 is 2.74 bits per heavy atom. The van der Waals surface area contributed by atoms with Crippen LogP contribution in [-0.4, -0.2) is 39.0 Å². The summed E-state index contributed by atoms with van der Waals surface area (Å²) in [6.45, 7) is 0.188. The lowest BCUT2D eigenvalue weighted by atomic mass is 10.1. The van der Waals surface area contributed by atoms with Gasteiger partial charge in [-0.3, -0.25) is 4.79 Å². The number of aliphatic carboxylic acids is 1. The fraction of sp³-hybridized carbons (Fsp3) is 0.400. The van der Waals surface area contributed by atoms with Crippen molar-refractivity contribution in [1.29, 1.82) is 0 Å². The van der Waals surface area contributed by atoms with Gasteiger partial charge in [-0.25, -0.2) is 14.6 Å².